The zero-order valence-electron chi connectivity index (χ0n) is 18.0. The molecule has 0 aliphatic rings. The molecule has 0 bridgehead atoms. The Morgan fingerprint density at radius 2 is 1.65 bits per heavy atom. The van der Waals surface area contributed by atoms with E-state index >= 15 is 0 Å². The Kier molecular flexibility index (Phi) is 5.57. The molecule has 5 aromatic rings. The van der Waals surface area contributed by atoms with Crippen LogP contribution in [0.15, 0.2) is 88.5 Å². The number of aromatic amines is 2. The summed E-state index contributed by atoms with van der Waals surface area (Å²) in [5.74, 6) is 0.802. The van der Waals surface area contributed by atoms with Gasteiger partial charge >= 0.3 is 5.69 Å². The number of hydrogen-bond acceptors (Lipinski definition) is 5. The van der Waals surface area contributed by atoms with Gasteiger partial charge < -0.3 is 5.32 Å². The quantitative estimate of drug-likeness (QED) is 0.365. The normalized spacial score (nSPS) is 10.9. The fourth-order valence-electron chi connectivity index (χ4n) is 3.79. The highest BCUT2D eigenvalue weighted by molar-refractivity contribution is 5.94. The molecular weight excluding hydrogens is 432 g/mol. The van der Waals surface area contributed by atoms with Crippen molar-refractivity contribution in [1.82, 2.24) is 24.7 Å². The molecule has 0 aliphatic carbocycles. The van der Waals surface area contributed by atoms with Crippen LogP contribution in [-0.4, -0.2) is 30.6 Å². The van der Waals surface area contributed by atoms with E-state index in [2.05, 4.69) is 25.5 Å². The van der Waals surface area contributed by atoms with Crippen molar-refractivity contribution in [2.75, 3.05) is 5.32 Å². The molecule has 0 saturated heterocycles. The van der Waals surface area contributed by atoms with Crippen LogP contribution in [0.25, 0.3) is 33.7 Å². The molecule has 34 heavy (non-hydrogen) atoms. The van der Waals surface area contributed by atoms with Crippen molar-refractivity contribution < 1.29 is 4.79 Å². The lowest BCUT2D eigenvalue weighted by atomic mass is 10.1. The number of aromatic nitrogens is 5. The zero-order valence-corrected chi connectivity index (χ0v) is 18.0. The van der Waals surface area contributed by atoms with E-state index in [1.807, 2.05) is 48.5 Å². The minimum atomic E-state index is -0.549. The zero-order chi connectivity index (χ0) is 23.5. The molecule has 0 spiro atoms. The molecule has 0 saturated carbocycles. The Balaban J connectivity index is 1.36. The smallest absolute Gasteiger partial charge is 0.325 e. The van der Waals surface area contributed by atoms with Gasteiger partial charge in [0, 0.05) is 24.1 Å². The number of H-pyrrole nitrogens is 2. The van der Waals surface area contributed by atoms with Gasteiger partial charge in [-0.15, -0.1) is 0 Å². The number of carbonyl (C=O) groups excluding carboxylic acids is 1. The number of anilines is 1. The van der Waals surface area contributed by atoms with E-state index in [4.69, 9.17) is 0 Å². The van der Waals surface area contributed by atoms with Gasteiger partial charge in [-0.1, -0.05) is 54.6 Å². The van der Waals surface area contributed by atoms with Crippen LogP contribution >= 0.6 is 0 Å². The fourth-order valence-corrected chi connectivity index (χ4v) is 3.79. The van der Waals surface area contributed by atoms with Crippen molar-refractivity contribution in [3.8, 4) is 22.8 Å². The molecule has 0 radical (unpaired) electrons. The molecule has 0 fully saturated rings. The monoisotopic (exact) mass is 452 g/mol. The van der Waals surface area contributed by atoms with Crippen LogP contribution < -0.4 is 16.6 Å². The topological polar surface area (TPSA) is 126 Å². The minimum absolute atomic E-state index is 0.0376. The van der Waals surface area contributed by atoms with Crippen molar-refractivity contribution in [2.24, 2.45) is 0 Å². The lowest BCUT2D eigenvalue weighted by molar-refractivity contribution is -0.116. The third-order valence-corrected chi connectivity index (χ3v) is 5.44. The molecule has 5 rings (SSSR count). The second-order valence-corrected chi connectivity index (χ2v) is 7.65. The second kappa shape index (κ2) is 8.99. The van der Waals surface area contributed by atoms with Gasteiger partial charge in [0.2, 0.25) is 5.91 Å². The number of hydrogen-bond donors (Lipinski definition) is 3. The highest BCUT2D eigenvalue weighted by atomic mass is 16.2. The molecule has 3 N–H and O–H groups in total. The van der Waals surface area contributed by atoms with Gasteiger partial charge in [0.05, 0.1) is 16.6 Å². The first-order valence-electron chi connectivity index (χ1n) is 10.7. The van der Waals surface area contributed by atoms with E-state index in [9.17, 15) is 14.4 Å². The average molecular weight is 452 g/mol. The lowest BCUT2D eigenvalue weighted by Gasteiger charge is -2.11. The summed E-state index contributed by atoms with van der Waals surface area (Å²) in [6.45, 7) is 0.116. The Morgan fingerprint density at radius 3 is 2.50 bits per heavy atom. The maximum atomic E-state index is 12.8. The Bertz CT molecular complexity index is 1600. The average Bonchev–Trinajstić information content (AvgIpc) is 3.35. The molecule has 168 valence electrons. The second-order valence-electron chi connectivity index (χ2n) is 7.65. The van der Waals surface area contributed by atoms with Crippen LogP contribution in [0.1, 0.15) is 6.42 Å². The number of nitrogens with one attached hydrogen (secondary N) is 3. The third kappa shape index (κ3) is 4.14. The number of aryl methyl sites for hydroxylation is 1. The maximum absolute atomic E-state index is 12.8. The van der Waals surface area contributed by atoms with Gasteiger partial charge in [-0.25, -0.2) is 9.78 Å². The number of para-hydroxylation sites is 2. The van der Waals surface area contributed by atoms with E-state index in [1.165, 1.54) is 4.57 Å². The molecule has 0 atom stereocenters. The number of nitrogens with zero attached hydrogens (tertiary/aromatic N) is 3. The molecule has 0 aliphatic heterocycles. The predicted molar refractivity (Wildman–Crippen MR) is 129 cm³/mol. The maximum Gasteiger partial charge on any atom is 0.328 e. The van der Waals surface area contributed by atoms with Gasteiger partial charge in [0.15, 0.2) is 11.6 Å². The van der Waals surface area contributed by atoms with E-state index in [-0.39, 0.29) is 18.9 Å². The summed E-state index contributed by atoms with van der Waals surface area (Å²) >= 11 is 0. The van der Waals surface area contributed by atoms with Crippen LogP contribution in [0, 0.1) is 0 Å². The molecule has 3 aromatic carbocycles. The van der Waals surface area contributed by atoms with Crippen LogP contribution in [0.4, 0.5) is 5.69 Å². The molecule has 9 heteroatoms. The SMILES string of the molecule is O=C(CCn1c(=O)[nH]c(=O)c2ccccc21)Nc1ccccc1-c1nc(-c2ccccc2)n[nH]1. The number of benzene rings is 3. The summed E-state index contributed by atoms with van der Waals surface area (Å²) < 4.78 is 1.39. The number of amides is 1. The fraction of sp³-hybridized carbons (Fsp3) is 0.0800. The standard InChI is InChI=1S/C25H20N6O3/c32-21(14-15-31-20-13-7-5-11-18(20)24(33)28-25(31)34)26-19-12-6-4-10-17(19)23-27-22(29-30-23)16-8-2-1-3-9-16/h1-13H,14-15H2,(H,26,32)(H,27,29,30)(H,28,33,34). The summed E-state index contributed by atoms with van der Waals surface area (Å²) in [6.07, 6.45) is 0.0376. The summed E-state index contributed by atoms with van der Waals surface area (Å²) in [5, 5.41) is 10.5. The van der Waals surface area contributed by atoms with Crippen molar-refractivity contribution in [3.63, 3.8) is 0 Å². The molecule has 1 amide bonds. The lowest BCUT2D eigenvalue weighted by Crippen LogP contribution is -2.31. The van der Waals surface area contributed by atoms with E-state index in [1.54, 1.807) is 30.3 Å². The van der Waals surface area contributed by atoms with Gasteiger partial charge in [0.1, 0.15) is 0 Å². The molecule has 9 nitrogen and oxygen atoms in total. The Labute approximate surface area is 193 Å². The molecule has 0 unspecified atom stereocenters. The summed E-state index contributed by atoms with van der Waals surface area (Å²) in [6, 6.07) is 23.7. The van der Waals surface area contributed by atoms with E-state index in [0.29, 0.717) is 33.8 Å². The predicted octanol–water partition coefficient (Wildman–Crippen LogP) is 3.17. The number of rotatable bonds is 6. The molecule has 2 heterocycles. The summed E-state index contributed by atoms with van der Waals surface area (Å²) in [7, 11) is 0. The van der Waals surface area contributed by atoms with Gasteiger partial charge in [-0.2, -0.15) is 5.10 Å². The van der Waals surface area contributed by atoms with Crippen molar-refractivity contribution >= 4 is 22.5 Å². The van der Waals surface area contributed by atoms with Gasteiger partial charge in [-0.05, 0) is 24.3 Å². The van der Waals surface area contributed by atoms with Crippen LogP contribution in [0.2, 0.25) is 0 Å². The summed E-state index contributed by atoms with van der Waals surface area (Å²) in [4.78, 5) is 44.0. The highest BCUT2D eigenvalue weighted by Gasteiger charge is 2.14. The first kappa shape index (κ1) is 21.1. The first-order valence-corrected chi connectivity index (χ1v) is 10.7. The number of carbonyl (C=O) groups is 1. The highest BCUT2D eigenvalue weighted by Crippen LogP contribution is 2.27. The third-order valence-electron chi connectivity index (χ3n) is 5.44. The van der Waals surface area contributed by atoms with Gasteiger partial charge in [-0.3, -0.25) is 24.2 Å². The van der Waals surface area contributed by atoms with E-state index < -0.39 is 11.2 Å². The largest absolute Gasteiger partial charge is 0.328 e. The van der Waals surface area contributed by atoms with Crippen molar-refractivity contribution in [1.29, 1.82) is 0 Å². The van der Waals surface area contributed by atoms with Crippen LogP contribution in [-0.2, 0) is 11.3 Å². The summed E-state index contributed by atoms with van der Waals surface area (Å²) in [5.41, 5.74) is 1.63. The minimum Gasteiger partial charge on any atom is -0.325 e. The van der Waals surface area contributed by atoms with Crippen LogP contribution in [0.3, 0.4) is 0 Å². The van der Waals surface area contributed by atoms with E-state index in [0.717, 1.165) is 5.56 Å². The van der Waals surface area contributed by atoms with Crippen LogP contribution in [0.5, 0.6) is 0 Å². The van der Waals surface area contributed by atoms with Crippen molar-refractivity contribution in [3.05, 3.63) is 99.7 Å². The molecular formula is C25H20N6O3. The Morgan fingerprint density at radius 1 is 0.912 bits per heavy atom. The first-order chi connectivity index (χ1) is 16.6. The Hall–Kier alpha value is -4.79. The molecule has 2 aromatic heterocycles. The van der Waals surface area contributed by atoms with Gasteiger partial charge in [0.25, 0.3) is 5.56 Å². The number of fused-ring (bicyclic) bond motifs is 1. The van der Waals surface area contributed by atoms with Crippen molar-refractivity contribution in [2.45, 2.75) is 13.0 Å².